The predicted molar refractivity (Wildman–Crippen MR) is 64.8 cm³/mol. The van der Waals surface area contributed by atoms with Crippen molar-refractivity contribution in [3.05, 3.63) is 57.4 Å². The maximum atomic E-state index is 11.5. The van der Waals surface area contributed by atoms with E-state index >= 15 is 0 Å². The smallest absolute Gasteiger partial charge is 0.264 e. The predicted octanol–water partition coefficient (Wildman–Crippen LogP) is 2.81. The lowest BCUT2D eigenvalue weighted by atomic mass is 10.1. The third-order valence-electron chi connectivity index (χ3n) is 2.25. The molecule has 2 aromatic rings. The van der Waals surface area contributed by atoms with Crippen LogP contribution in [0.15, 0.2) is 51.9 Å². The SMILES string of the molecule is Cn1cc(-c2ccccc2)cc(Br)c1=O. The molecular formula is C12H10BrNO. The van der Waals surface area contributed by atoms with Crippen molar-refractivity contribution < 1.29 is 0 Å². The Kier molecular flexibility index (Phi) is 2.73. The Bertz CT molecular complexity index is 505. The molecular weight excluding hydrogens is 254 g/mol. The molecule has 2 nitrogen and oxygen atoms in total. The first-order valence-electron chi connectivity index (χ1n) is 4.60. The van der Waals surface area contributed by atoms with Crippen LogP contribution in [0, 0.1) is 0 Å². The fraction of sp³-hybridized carbons (Fsp3) is 0.0833. The summed E-state index contributed by atoms with van der Waals surface area (Å²) >= 11 is 3.26. The number of nitrogens with zero attached hydrogens (tertiary/aromatic N) is 1. The number of hydrogen-bond donors (Lipinski definition) is 0. The quantitative estimate of drug-likeness (QED) is 0.776. The van der Waals surface area contributed by atoms with Crippen LogP contribution in [0.3, 0.4) is 0 Å². The van der Waals surface area contributed by atoms with Gasteiger partial charge in [0.05, 0.1) is 4.47 Å². The third kappa shape index (κ3) is 2.02. The van der Waals surface area contributed by atoms with E-state index in [2.05, 4.69) is 15.9 Å². The van der Waals surface area contributed by atoms with E-state index in [1.165, 1.54) is 0 Å². The molecule has 0 bridgehead atoms. The molecule has 0 unspecified atom stereocenters. The second kappa shape index (κ2) is 4.03. The molecule has 0 radical (unpaired) electrons. The fourth-order valence-corrected chi connectivity index (χ4v) is 1.99. The highest BCUT2D eigenvalue weighted by molar-refractivity contribution is 9.10. The lowest BCUT2D eigenvalue weighted by molar-refractivity contribution is 0.855. The van der Waals surface area contributed by atoms with Crippen molar-refractivity contribution in [2.75, 3.05) is 0 Å². The van der Waals surface area contributed by atoms with Crippen LogP contribution < -0.4 is 5.56 Å². The van der Waals surface area contributed by atoms with Gasteiger partial charge in [-0.1, -0.05) is 30.3 Å². The highest BCUT2D eigenvalue weighted by atomic mass is 79.9. The number of benzene rings is 1. The van der Waals surface area contributed by atoms with Gasteiger partial charge >= 0.3 is 0 Å². The van der Waals surface area contributed by atoms with Gasteiger partial charge in [0.15, 0.2) is 0 Å². The van der Waals surface area contributed by atoms with E-state index in [1.54, 1.807) is 11.6 Å². The molecule has 0 fully saturated rings. The van der Waals surface area contributed by atoms with Crippen LogP contribution >= 0.6 is 15.9 Å². The van der Waals surface area contributed by atoms with Gasteiger partial charge in [-0.15, -0.1) is 0 Å². The summed E-state index contributed by atoms with van der Waals surface area (Å²) in [5.41, 5.74) is 2.12. The second-order valence-electron chi connectivity index (χ2n) is 3.36. The molecule has 3 heteroatoms. The molecule has 0 N–H and O–H groups in total. The topological polar surface area (TPSA) is 22.0 Å². The summed E-state index contributed by atoms with van der Waals surface area (Å²) in [4.78, 5) is 11.5. The van der Waals surface area contributed by atoms with E-state index in [4.69, 9.17) is 0 Å². The lowest BCUT2D eigenvalue weighted by Gasteiger charge is -2.05. The zero-order valence-corrected chi connectivity index (χ0v) is 9.86. The Morgan fingerprint density at radius 3 is 2.40 bits per heavy atom. The van der Waals surface area contributed by atoms with Crippen LogP contribution in [-0.2, 0) is 7.05 Å². The minimum absolute atomic E-state index is 0.0188. The van der Waals surface area contributed by atoms with Crippen LogP contribution in [0.5, 0.6) is 0 Å². The molecule has 0 atom stereocenters. The monoisotopic (exact) mass is 263 g/mol. The molecule has 0 aliphatic heterocycles. The molecule has 0 aliphatic rings. The molecule has 2 rings (SSSR count). The van der Waals surface area contributed by atoms with E-state index in [0.29, 0.717) is 4.47 Å². The maximum absolute atomic E-state index is 11.5. The first-order chi connectivity index (χ1) is 7.18. The van der Waals surface area contributed by atoms with Gasteiger partial charge < -0.3 is 4.57 Å². The normalized spacial score (nSPS) is 10.3. The van der Waals surface area contributed by atoms with E-state index in [1.807, 2.05) is 42.6 Å². The largest absolute Gasteiger partial charge is 0.317 e. The van der Waals surface area contributed by atoms with Gasteiger partial charge in [0.2, 0.25) is 0 Å². The Hall–Kier alpha value is -1.35. The highest BCUT2D eigenvalue weighted by Gasteiger charge is 2.02. The molecule has 1 aromatic heterocycles. The van der Waals surface area contributed by atoms with Gasteiger partial charge in [0, 0.05) is 13.2 Å². The number of hydrogen-bond acceptors (Lipinski definition) is 1. The summed E-state index contributed by atoms with van der Waals surface area (Å²) < 4.78 is 2.17. The van der Waals surface area contributed by atoms with Crippen molar-refractivity contribution in [3.63, 3.8) is 0 Å². The van der Waals surface area contributed by atoms with Gasteiger partial charge in [-0.25, -0.2) is 0 Å². The van der Waals surface area contributed by atoms with Gasteiger partial charge in [-0.05, 0) is 33.1 Å². The number of aromatic nitrogens is 1. The Labute approximate surface area is 96.3 Å². The second-order valence-corrected chi connectivity index (χ2v) is 4.21. The first kappa shape index (κ1) is 10.2. The summed E-state index contributed by atoms with van der Waals surface area (Å²) in [6.45, 7) is 0. The average molecular weight is 264 g/mol. The molecule has 0 aliphatic carbocycles. The van der Waals surface area contributed by atoms with Crippen molar-refractivity contribution in [1.29, 1.82) is 0 Å². The Morgan fingerprint density at radius 1 is 1.13 bits per heavy atom. The molecule has 0 saturated heterocycles. The third-order valence-corrected chi connectivity index (χ3v) is 2.81. The molecule has 0 amide bonds. The summed E-state index contributed by atoms with van der Waals surface area (Å²) in [5.74, 6) is 0. The van der Waals surface area contributed by atoms with E-state index in [0.717, 1.165) is 11.1 Å². The number of halogens is 1. The zero-order valence-electron chi connectivity index (χ0n) is 8.27. The summed E-state index contributed by atoms with van der Waals surface area (Å²) in [6, 6.07) is 11.8. The van der Waals surface area contributed by atoms with Gasteiger partial charge in [0.1, 0.15) is 0 Å². The number of aryl methyl sites for hydroxylation is 1. The van der Waals surface area contributed by atoms with E-state index in [-0.39, 0.29) is 5.56 Å². The molecule has 15 heavy (non-hydrogen) atoms. The molecule has 1 aromatic carbocycles. The average Bonchev–Trinajstić information content (AvgIpc) is 2.26. The van der Waals surface area contributed by atoms with Crippen LogP contribution in [0.4, 0.5) is 0 Å². The van der Waals surface area contributed by atoms with Gasteiger partial charge in [0.25, 0.3) is 5.56 Å². The highest BCUT2D eigenvalue weighted by Crippen LogP contribution is 2.19. The minimum Gasteiger partial charge on any atom is -0.317 e. The summed E-state index contributed by atoms with van der Waals surface area (Å²) in [5, 5.41) is 0. The van der Waals surface area contributed by atoms with Crippen LogP contribution in [0.25, 0.3) is 11.1 Å². The van der Waals surface area contributed by atoms with E-state index < -0.39 is 0 Å². The Morgan fingerprint density at radius 2 is 1.80 bits per heavy atom. The lowest BCUT2D eigenvalue weighted by Crippen LogP contribution is -2.16. The van der Waals surface area contributed by atoms with E-state index in [9.17, 15) is 4.79 Å². The van der Waals surface area contributed by atoms with Crippen LogP contribution in [0.2, 0.25) is 0 Å². The number of pyridine rings is 1. The minimum atomic E-state index is -0.0188. The van der Waals surface area contributed by atoms with Crippen molar-refractivity contribution in [3.8, 4) is 11.1 Å². The zero-order chi connectivity index (χ0) is 10.8. The van der Waals surface area contributed by atoms with Crippen molar-refractivity contribution in [2.45, 2.75) is 0 Å². The first-order valence-corrected chi connectivity index (χ1v) is 5.39. The van der Waals surface area contributed by atoms with Crippen LogP contribution in [0.1, 0.15) is 0 Å². The van der Waals surface area contributed by atoms with Gasteiger partial charge in [-0.3, -0.25) is 4.79 Å². The van der Waals surface area contributed by atoms with Crippen molar-refractivity contribution >= 4 is 15.9 Å². The number of rotatable bonds is 1. The molecule has 0 saturated carbocycles. The standard InChI is InChI=1S/C12H10BrNO/c1-14-8-10(7-11(13)12(14)15)9-5-3-2-4-6-9/h2-8H,1H3. The molecule has 0 spiro atoms. The Balaban J connectivity index is 2.61. The molecule has 76 valence electrons. The van der Waals surface area contributed by atoms with Crippen molar-refractivity contribution in [1.82, 2.24) is 4.57 Å². The molecule has 1 heterocycles. The fourth-order valence-electron chi connectivity index (χ4n) is 1.46. The van der Waals surface area contributed by atoms with Crippen LogP contribution in [-0.4, -0.2) is 4.57 Å². The maximum Gasteiger partial charge on any atom is 0.264 e. The van der Waals surface area contributed by atoms with Crippen molar-refractivity contribution in [2.24, 2.45) is 7.05 Å². The summed E-state index contributed by atoms with van der Waals surface area (Å²) in [7, 11) is 1.75. The summed E-state index contributed by atoms with van der Waals surface area (Å²) in [6.07, 6.45) is 1.84. The van der Waals surface area contributed by atoms with Gasteiger partial charge in [-0.2, -0.15) is 0 Å².